The van der Waals surface area contributed by atoms with E-state index in [4.69, 9.17) is 16.6 Å². The van der Waals surface area contributed by atoms with Crippen molar-refractivity contribution in [2.75, 3.05) is 6.54 Å². The molecule has 0 unspecified atom stereocenters. The average molecular weight is 416 g/mol. The topological polar surface area (TPSA) is 46.9 Å². The van der Waals surface area contributed by atoms with E-state index in [2.05, 4.69) is 40.2 Å². The molecule has 1 N–H and O–H groups in total. The fourth-order valence-electron chi connectivity index (χ4n) is 3.40. The van der Waals surface area contributed by atoms with Crippen LogP contribution in [0.25, 0.3) is 17.1 Å². The summed E-state index contributed by atoms with van der Waals surface area (Å²) in [5.41, 5.74) is 3.77. The van der Waals surface area contributed by atoms with E-state index in [9.17, 15) is 4.79 Å². The number of halogens is 1. The molecule has 0 fully saturated rings. The van der Waals surface area contributed by atoms with Crippen molar-refractivity contribution in [1.29, 1.82) is 0 Å². The summed E-state index contributed by atoms with van der Waals surface area (Å²) in [6.07, 6.45) is 4.89. The van der Waals surface area contributed by atoms with Crippen LogP contribution in [0.2, 0.25) is 5.02 Å². The molecule has 150 valence electrons. The van der Waals surface area contributed by atoms with Gasteiger partial charge in [0.25, 0.3) is 5.91 Å². The summed E-state index contributed by atoms with van der Waals surface area (Å²) in [6.45, 7) is 1.21. The van der Waals surface area contributed by atoms with Crippen molar-refractivity contribution < 1.29 is 4.79 Å². The number of allylic oxidation sites excluding steroid dienone is 1. The van der Waals surface area contributed by atoms with Crippen molar-refractivity contribution in [3.8, 4) is 0 Å². The van der Waals surface area contributed by atoms with Crippen molar-refractivity contribution in [2.45, 2.75) is 13.0 Å². The molecule has 1 aromatic heterocycles. The Morgan fingerprint density at radius 2 is 1.80 bits per heavy atom. The van der Waals surface area contributed by atoms with Gasteiger partial charge in [0, 0.05) is 30.1 Å². The summed E-state index contributed by atoms with van der Waals surface area (Å²) in [5, 5.41) is 3.51. The van der Waals surface area contributed by atoms with Crippen molar-refractivity contribution >= 4 is 34.6 Å². The summed E-state index contributed by atoms with van der Waals surface area (Å²) < 4.78 is 2.19. The molecular formula is C25H22ClN3O. The highest BCUT2D eigenvalue weighted by atomic mass is 35.5. The Hall–Kier alpha value is -3.37. The van der Waals surface area contributed by atoms with E-state index in [1.54, 1.807) is 24.3 Å². The van der Waals surface area contributed by atoms with Crippen LogP contribution in [0.5, 0.6) is 0 Å². The van der Waals surface area contributed by atoms with Crippen LogP contribution < -0.4 is 5.32 Å². The van der Waals surface area contributed by atoms with Gasteiger partial charge in [0.1, 0.15) is 5.82 Å². The Morgan fingerprint density at radius 3 is 2.63 bits per heavy atom. The first-order valence-corrected chi connectivity index (χ1v) is 10.3. The number of benzene rings is 3. The number of aromatic nitrogens is 2. The molecule has 0 radical (unpaired) electrons. The van der Waals surface area contributed by atoms with Gasteiger partial charge in [-0.05, 0) is 35.9 Å². The number of hydrogen-bond acceptors (Lipinski definition) is 2. The van der Waals surface area contributed by atoms with Crippen LogP contribution in [0, 0.1) is 0 Å². The van der Waals surface area contributed by atoms with E-state index >= 15 is 0 Å². The van der Waals surface area contributed by atoms with Gasteiger partial charge in [0.2, 0.25) is 0 Å². The number of carbonyl (C=O) groups is 1. The van der Waals surface area contributed by atoms with Crippen LogP contribution >= 0.6 is 11.6 Å². The van der Waals surface area contributed by atoms with Crippen LogP contribution in [-0.4, -0.2) is 22.0 Å². The van der Waals surface area contributed by atoms with Gasteiger partial charge in [0.15, 0.2) is 0 Å². The fourth-order valence-corrected chi connectivity index (χ4v) is 3.59. The summed E-state index contributed by atoms with van der Waals surface area (Å²) in [7, 11) is 0. The molecule has 4 nitrogen and oxygen atoms in total. The Balaban J connectivity index is 1.47. The lowest BCUT2D eigenvalue weighted by Crippen LogP contribution is -2.26. The van der Waals surface area contributed by atoms with E-state index < -0.39 is 0 Å². The number of carbonyl (C=O) groups excluding carboxylic acids is 1. The number of para-hydroxylation sites is 2. The molecule has 0 saturated carbocycles. The predicted molar refractivity (Wildman–Crippen MR) is 123 cm³/mol. The van der Waals surface area contributed by atoms with E-state index in [0.717, 1.165) is 22.4 Å². The van der Waals surface area contributed by atoms with Gasteiger partial charge in [-0.1, -0.05) is 72.3 Å². The maximum Gasteiger partial charge on any atom is 0.251 e. The third-order valence-corrected chi connectivity index (χ3v) is 5.09. The number of rotatable bonds is 7. The lowest BCUT2D eigenvalue weighted by Gasteiger charge is -2.08. The first kappa shape index (κ1) is 19.9. The molecular weight excluding hydrogens is 394 g/mol. The molecule has 3 aromatic carbocycles. The zero-order valence-corrected chi connectivity index (χ0v) is 17.2. The summed E-state index contributed by atoms with van der Waals surface area (Å²) in [5.74, 6) is 0.810. The lowest BCUT2D eigenvalue weighted by atomic mass is 10.2. The molecule has 0 aliphatic heterocycles. The second-order valence-electron chi connectivity index (χ2n) is 6.96. The van der Waals surface area contributed by atoms with Crippen molar-refractivity contribution in [3.05, 3.63) is 107 Å². The van der Waals surface area contributed by atoms with Crippen molar-refractivity contribution in [2.24, 2.45) is 0 Å². The normalized spacial score (nSPS) is 11.2. The summed E-state index contributed by atoms with van der Waals surface area (Å²) in [6, 6.07) is 25.3. The minimum Gasteiger partial charge on any atom is -0.352 e. The molecule has 0 spiro atoms. The monoisotopic (exact) mass is 415 g/mol. The lowest BCUT2D eigenvalue weighted by molar-refractivity contribution is 0.0954. The van der Waals surface area contributed by atoms with E-state index in [1.807, 2.05) is 36.4 Å². The maximum atomic E-state index is 12.4. The first-order valence-electron chi connectivity index (χ1n) is 9.90. The Bertz CT molecular complexity index is 1180. The minimum absolute atomic E-state index is 0.135. The van der Waals surface area contributed by atoms with Crippen molar-refractivity contribution in [3.63, 3.8) is 0 Å². The van der Waals surface area contributed by atoms with Gasteiger partial charge < -0.3 is 9.88 Å². The van der Waals surface area contributed by atoms with Crippen LogP contribution in [-0.2, 0) is 13.0 Å². The van der Waals surface area contributed by atoms with Gasteiger partial charge in [0.05, 0.1) is 11.0 Å². The van der Waals surface area contributed by atoms with Crippen LogP contribution in [0.1, 0.15) is 21.7 Å². The van der Waals surface area contributed by atoms with Crippen LogP contribution in [0.4, 0.5) is 0 Å². The number of hydrogen-bond donors (Lipinski definition) is 1. The largest absolute Gasteiger partial charge is 0.352 e. The number of nitrogens with zero attached hydrogens (tertiary/aromatic N) is 2. The molecule has 30 heavy (non-hydrogen) atoms. The second kappa shape index (κ2) is 9.42. The van der Waals surface area contributed by atoms with Gasteiger partial charge in [-0.2, -0.15) is 0 Å². The smallest absolute Gasteiger partial charge is 0.251 e. The maximum absolute atomic E-state index is 12.4. The number of imidazole rings is 1. The minimum atomic E-state index is -0.135. The summed E-state index contributed by atoms with van der Waals surface area (Å²) in [4.78, 5) is 17.1. The molecule has 0 aliphatic rings. The standard InChI is InChI=1S/C25H22ClN3O/c26-21-12-6-11-20(18-21)25(30)27-16-15-24-28-22-13-4-5-14-23(22)29(24)17-7-10-19-8-2-1-3-9-19/h1-14,18H,15-17H2,(H,27,30)/b10-7+. The Kier molecular flexibility index (Phi) is 6.26. The highest BCUT2D eigenvalue weighted by Crippen LogP contribution is 2.17. The van der Waals surface area contributed by atoms with E-state index in [-0.39, 0.29) is 5.91 Å². The van der Waals surface area contributed by atoms with Crippen molar-refractivity contribution in [1.82, 2.24) is 14.9 Å². The van der Waals surface area contributed by atoms with Crippen LogP contribution in [0.3, 0.4) is 0 Å². The molecule has 4 rings (SSSR count). The summed E-state index contributed by atoms with van der Waals surface area (Å²) >= 11 is 5.98. The molecule has 1 heterocycles. The van der Waals surface area contributed by atoms with Gasteiger partial charge in [-0.3, -0.25) is 4.79 Å². The van der Waals surface area contributed by atoms with E-state index in [1.165, 1.54) is 0 Å². The molecule has 0 atom stereocenters. The Morgan fingerprint density at radius 1 is 1.00 bits per heavy atom. The fraction of sp³-hybridized carbons (Fsp3) is 0.120. The molecule has 1 amide bonds. The number of amides is 1. The molecule has 4 aromatic rings. The van der Waals surface area contributed by atoms with Crippen LogP contribution in [0.15, 0.2) is 84.9 Å². The molecule has 5 heteroatoms. The second-order valence-corrected chi connectivity index (χ2v) is 7.39. The number of nitrogens with one attached hydrogen (secondary N) is 1. The molecule has 0 saturated heterocycles. The zero-order valence-electron chi connectivity index (χ0n) is 16.5. The number of fused-ring (bicyclic) bond motifs is 1. The Labute approximate surface area is 180 Å². The van der Waals surface area contributed by atoms with Gasteiger partial charge in [-0.25, -0.2) is 4.98 Å². The zero-order chi connectivity index (χ0) is 20.8. The quantitative estimate of drug-likeness (QED) is 0.440. The third-order valence-electron chi connectivity index (χ3n) is 4.85. The van der Waals surface area contributed by atoms with E-state index in [0.29, 0.717) is 30.1 Å². The van der Waals surface area contributed by atoms with Gasteiger partial charge in [-0.15, -0.1) is 0 Å². The van der Waals surface area contributed by atoms with Gasteiger partial charge >= 0.3 is 0 Å². The molecule has 0 aliphatic carbocycles. The third kappa shape index (κ3) is 4.78. The first-order chi connectivity index (χ1) is 14.7. The molecule has 0 bridgehead atoms. The SMILES string of the molecule is O=C(NCCc1nc2ccccc2n1C/C=C/c1ccccc1)c1cccc(Cl)c1. The predicted octanol–water partition coefficient (Wildman–Crippen LogP) is 5.38. The highest BCUT2D eigenvalue weighted by Gasteiger charge is 2.11. The highest BCUT2D eigenvalue weighted by molar-refractivity contribution is 6.30. The average Bonchev–Trinajstić information content (AvgIpc) is 3.12.